The highest BCUT2D eigenvalue weighted by molar-refractivity contribution is 5.64. The summed E-state index contributed by atoms with van der Waals surface area (Å²) in [5.74, 6) is 1.86. The molecular formula is C20H14N4. The van der Waals surface area contributed by atoms with Gasteiger partial charge in [-0.2, -0.15) is 0 Å². The molecule has 0 saturated heterocycles. The number of hydrogen-bond donors (Lipinski definition) is 0. The second kappa shape index (κ2) is 6.38. The van der Waals surface area contributed by atoms with Gasteiger partial charge >= 0.3 is 0 Å². The van der Waals surface area contributed by atoms with E-state index in [2.05, 4.69) is 19.9 Å². The first-order valence-corrected chi connectivity index (χ1v) is 7.68. The Kier molecular flexibility index (Phi) is 3.78. The van der Waals surface area contributed by atoms with E-state index in [9.17, 15) is 0 Å². The maximum atomic E-state index is 4.65. The van der Waals surface area contributed by atoms with Gasteiger partial charge in [-0.15, -0.1) is 0 Å². The standard InChI is InChI=1S/C20H14N4/c1-3-9-15(10-4-1)18-22-19(16-11-5-2-6-12-16)24-20(23-18)17-13-7-8-14-21-17/h1-14H. The van der Waals surface area contributed by atoms with E-state index in [4.69, 9.17) is 0 Å². The number of aromatic nitrogens is 4. The first-order chi connectivity index (χ1) is 11.9. The summed E-state index contributed by atoms with van der Waals surface area (Å²) in [5, 5.41) is 0. The van der Waals surface area contributed by atoms with Crippen molar-refractivity contribution in [1.82, 2.24) is 19.9 Å². The normalized spacial score (nSPS) is 10.5. The number of pyridine rings is 1. The van der Waals surface area contributed by atoms with Crippen LogP contribution in [0.15, 0.2) is 85.1 Å². The molecule has 0 aliphatic rings. The molecule has 0 amide bonds. The molecule has 0 fully saturated rings. The molecule has 0 N–H and O–H groups in total. The van der Waals surface area contributed by atoms with Crippen LogP contribution in [0.3, 0.4) is 0 Å². The molecule has 0 bridgehead atoms. The van der Waals surface area contributed by atoms with E-state index < -0.39 is 0 Å². The molecule has 0 unspecified atom stereocenters. The van der Waals surface area contributed by atoms with Crippen molar-refractivity contribution in [3.63, 3.8) is 0 Å². The minimum Gasteiger partial charge on any atom is -0.253 e. The lowest BCUT2D eigenvalue weighted by Crippen LogP contribution is -2.00. The van der Waals surface area contributed by atoms with Gasteiger partial charge in [-0.25, -0.2) is 15.0 Å². The summed E-state index contributed by atoms with van der Waals surface area (Å²) in [6.45, 7) is 0. The van der Waals surface area contributed by atoms with Crippen molar-refractivity contribution in [3.8, 4) is 34.3 Å². The van der Waals surface area contributed by atoms with Crippen LogP contribution in [0.1, 0.15) is 0 Å². The molecule has 0 saturated carbocycles. The number of hydrogen-bond acceptors (Lipinski definition) is 4. The van der Waals surface area contributed by atoms with E-state index in [1.807, 2.05) is 78.9 Å². The fraction of sp³-hybridized carbons (Fsp3) is 0. The van der Waals surface area contributed by atoms with Crippen molar-refractivity contribution in [2.45, 2.75) is 0 Å². The summed E-state index contributed by atoms with van der Waals surface area (Å²) < 4.78 is 0. The minimum atomic E-state index is 0.573. The zero-order valence-electron chi connectivity index (χ0n) is 12.9. The number of rotatable bonds is 3. The summed E-state index contributed by atoms with van der Waals surface area (Å²) >= 11 is 0. The molecule has 114 valence electrons. The van der Waals surface area contributed by atoms with Gasteiger partial charge in [0.15, 0.2) is 17.5 Å². The van der Waals surface area contributed by atoms with E-state index in [1.54, 1.807) is 6.20 Å². The predicted molar refractivity (Wildman–Crippen MR) is 93.9 cm³/mol. The van der Waals surface area contributed by atoms with Crippen LogP contribution < -0.4 is 0 Å². The lowest BCUT2D eigenvalue weighted by atomic mass is 10.2. The zero-order valence-corrected chi connectivity index (χ0v) is 12.9. The Hall–Kier alpha value is -3.40. The van der Waals surface area contributed by atoms with Gasteiger partial charge in [-0.05, 0) is 12.1 Å². The van der Waals surface area contributed by atoms with Crippen molar-refractivity contribution in [2.75, 3.05) is 0 Å². The first kappa shape index (κ1) is 14.2. The second-order valence-corrected chi connectivity index (χ2v) is 5.25. The van der Waals surface area contributed by atoms with Crippen molar-refractivity contribution < 1.29 is 0 Å². The Morgan fingerprint density at radius 3 is 1.46 bits per heavy atom. The van der Waals surface area contributed by atoms with Crippen LogP contribution in [0.2, 0.25) is 0 Å². The highest BCUT2D eigenvalue weighted by atomic mass is 15.0. The van der Waals surface area contributed by atoms with E-state index in [-0.39, 0.29) is 0 Å². The van der Waals surface area contributed by atoms with Gasteiger partial charge in [0.2, 0.25) is 0 Å². The van der Waals surface area contributed by atoms with Gasteiger partial charge in [-0.3, -0.25) is 4.98 Å². The molecule has 2 aromatic carbocycles. The van der Waals surface area contributed by atoms with Crippen molar-refractivity contribution >= 4 is 0 Å². The van der Waals surface area contributed by atoms with E-state index >= 15 is 0 Å². The molecule has 4 rings (SSSR count). The monoisotopic (exact) mass is 310 g/mol. The average molecular weight is 310 g/mol. The first-order valence-electron chi connectivity index (χ1n) is 7.68. The maximum Gasteiger partial charge on any atom is 0.182 e. The Labute approximate surface area is 139 Å². The van der Waals surface area contributed by atoms with Crippen LogP contribution in [0.25, 0.3) is 34.3 Å². The lowest BCUT2D eigenvalue weighted by molar-refractivity contribution is 1.06. The van der Waals surface area contributed by atoms with Crippen molar-refractivity contribution in [1.29, 1.82) is 0 Å². The molecule has 0 spiro atoms. The number of benzene rings is 2. The molecule has 2 heterocycles. The molecule has 4 aromatic rings. The van der Waals surface area contributed by atoms with Crippen LogP contribution >= 0.6 is 0 Å². The van der Waals surface area contributed by atoms with Gasteiger partial charge in [0, 0.05) is 17.3 Å². The smallest absolute Gasteiger partial charge is 0.182 e. The number of nitrogens with zero attached hydrogens (tertiary/aromatic N) is 4. The van der Waals surface area contributed by atoms with E-state index in [1.165, 1.54) is 0 Å². The maximum absolute atomic E-state index is 4.65. The Morgan fingerprint density at radius 2 is 0.958 bits per heavy atom. The van der Waals surface area contributed by atoms with E-state index in [0.29, 0.717) is 17.5 Å². The largest absolute Gasteiger partial charge is 0.253 e. The second-order valence-electron chi connectivity index (χ2n) is 5.25. The predicted octanol–water partition coefficient (Wildman–Crippen LogP) is 4.27. The highest BCUT2D eigenvalue weighted by Crippen LogP contribution is 2.23. The summed E-state index contributed by atoms with van der Waals surface area (Å²) in [7, 11) is 0. The van der Waals surface area contributed by atoms with E-state index in [0.717, 1.165) is 16.8 Å². The summed E-state index contributed by atoms with van der Waals surface area (Å²) in [5.41, 5.74) is 2.64. The third-order valence-corrected chi connectivity index (χ3v) is 3.59. The quantitative estimate of drug-likeness (QED) is 0.567. The Bertz CT molecular complexity index is 799. The topological polar surface area (TPSA) is 51.6 Å². The van der Waals surface area contributed by atoms with Gasteiger partial charge < -0.3 is 0 Å². The Balaban J connectivity index is 1.92. The summed E-state index contributed by atoms with van der Waals surface area (Å²) in [4.78, 5) is 18.2. The van der Waals surface area contributed by atoms with Crippen molar-refractivity contribution in [3.05, 3.63) is 85.1 Å². The van der Waals surface area contributed by atoms with Crippen LogP contribution in [-0.2, 0) is 0 Å². The molecule has 0 atom stereocenters. The zero-order chi connectivity index (χ0) is 16.2. The van der Waals surface area contributed by atoms with Gasteiger partial charge in [0.1, 0.15) is 5.69 Å². The lowest BCUT2D eigenvalue weighted by Gasteiger charge is -2.07. The van der Waals surface area contributed by atoms with Gasteiger partial charge in [-0.1, -0.05) is 66.7 Å². The minimum absolute atomic E-state index is 0.573. The molecule has 2 aromatic heterocycles. The molecule has 0 radical (unpaired) electrons. The molecular weight excluding hydrogens is 296 g/mol. The average Bonchev–Trinajstić information content (AvgIpc) is 2.70. The molecule has 0 aliphatic carbocycles. The van der Waals surface area contributed by atoms with Crippen LogP contribution in [0.4, 0.5) is 0 Å². The van der Waals surface area contributed by atoms with Crippen LogP contribution in [0.5, 0.6) is 0 Å². The van der Waals surface area contributed by atoms with Crippen LogP contribution in [-0.4, -0.2) is 19.9 Å². The summed E-state index contributed by atoms with van der Waals surface area (Å²) in [6.07, 6.45) is 1.74. The van der Waals surface area contributed by atoms with Gasteiger partial charge in [0.05, 0.1) is 0 Å². The SMILES string of the molecule is c1ccc(-c2nc(-c3ccccc3)nc(-c3ccccn3)n2)cc1. The molecule has 4 heteroatoms. The third-order valence-electron chi connectivity index (χ3n) is 3.59. The molecule has 24 heavy (non-hydrogen) atoms. The molecule has 0 aliphatic heterocycles. The van der Waals surface area contributed by atoms with Crippen molar-refractivity contribution in [2.24, 2.45) is 0 Å². The highest BCUT2D eigenvalue weighted by Gasteiger charge is 2.12. The summed E-state index contributed by atoms with van der Waals surface area (Å²) in [6, 6.07) is 25.5. The Morgan fingerprint density at radius 1 is 0.458 bits per heavy atom. The fourth-order valence-electron chi connectivity index (χ4n) is 2.42. The van der Waals surface area contributed by atoms with Crippen LogP contribution in [0, 0.1) is 0 Å². The fourth-order valence-corrected chi connectivity index (χ4v) is 2.42. The molecule has 4 nitrogen and oxygen atoms in total. The third kappa shape index (κ3) is 2.90. The van der Waals surface area contributed by atoms with Gasteiger partial charge in [0.25, 0.3) is 0 Å².